The Labute approximate surface area is 201 Å². The van der Waals surface area contributed by atoms with Gasteiger partial charge in [0.25, 0.3) is 0 Å². The maximum atomic E-state index is 9.49. The van der Waals surface area contributed by atoms with E-state index in [1.807, 2.05) is 23.6 Å². The molecule has 168 valence electrons. The van der Waals surface area contributed by atoms with E-state index in [2.05, 4.69) is 50.7 Å². The monoisotopic (exact) mass is 476 g/mol. The number of nitrogens with one attached hydrogen (secondary N) is 1. The lowest BCUT2D eigenvalue weighted by atomic mass is 10.2. The number of phenolic OH excluding ortho intramolecular Hbond substituents is 1. The second-order valence-corrected chi connectivity index (χ2v) is 9.83. The predicted octanol–water partition coefficient (Wildman–Crippen LogP) is 5.19. The van der Waals surface area contributed by atoms with Crippen molar-refractivity contribution in [1.29, 1.82) is 0 Å². The number of aromatic hydroxyl groups is 1. The molecule has 2 N–H and O–H groups in total. The molecule has 2 aromatic heterocycles. The molecule has 0 atom stereocenters. The van der Waals surface area contributed by atoms with E-state index in [-0.39, 0.29) is 5.75 Å². The standard InChI is InChI=1S/C24H24N6OS2/c1-17-2-4-18(5-3-17)26-22-16-21(23-25-10-15-32-23)27-24(28-22)29-11-13-30(14-12-29)33-20-8-6-19(31)7-9-20/h2-10,15-16,31H,11-14H2,1H3,(H,26,27,28). The van der Waals surface area contributed by atoms with Gasteiger partial charge in [0.1, 0.15) is 22.3 Å². The van der Waals surface area contributed by atoms with Crippen molar-refractivity contribution in [2.45, 2.75) is 11.8 Å². The summed E-state index contributed by atoms with van der Waals surface area (Å²) in [4.78, 5) is 17.5. The van der Waals surface area contributed by atoms with Crippen molar-refractivity contribution in [2.75, 3.05) is 36.4 Å². The second kappa shape index (κ2) is 9.78. The summed E-state index contributed by atoms with van der Waals surface area (Å²) in [5.74, 6) is 1.76. The fourth-order valence-corrected chi connectivity index (χ4v) is 5.02. The Morgan fingerprint density at radius 1 is 0.970 bits per heavy atom. The fraction of sp³-hybridized carbons (Fsp3) is 0.208. The summed E-state index contributed by atoms with van der Waals surface area (Å²) < 4.78 is 2.33. The molecule has 0 spiro atoms. The Bertz CT molecular complexity index is 1190. The molecule has 5 rings (SSSR count). The molecule has 33 heavy (non-hydrogen) atoms. The van der Waals surface area contributed by atoms with E-state index in [4.69, 9.17) is 9.97 Å². The third-order valence-corrected chi connectivity index (χ3v) is 7.18. The average Bonchev–Trinajstić information content (AvgIpc) is 3.38. The lowest BCUT2D eigenvalue weighted by molar-refractivity contribution is 0.426. The van der Waals surface area contributed by atoms with Crippen molar-refractivity contribution in [3.8, 4) is 16.5 Å². The number of anilines is 3. The van der Waals surface area contributed by atoms with E-state index in [1.165, 1.54) is 5.56 Å². The molecule has 1 aliphatic heterocycles. The van der Waals surface area contributed by atoms with Gasteiger partial charge in [-0.15, -0.1) is 11.3 Å². The Hall–Kier alpha value is -3.14. The van der Waals surface area contributed by atoms with Crippen molar-refractivity contribution < 1.29 is 5.11 Å². The van der Waals surface area contributed by atoms with Gasteiger partial charge < -0.3 is 15.3 Å². The molecule has 0 radical (unpaired) electrons. The van der Waals surface area contributed by atoms with Crippen LogP contribution in [0.1, 0.15) is 5.56 Å². The van der Waals surface area contributed by atoms with Crippen molar-refractivity contribution >= 4 is 40.7 Å². The third kappa shape index (κ3) is 5.44. The zero-order valence-corrected chi connectivity index (χ0v) is 19.8. The number of aryl methyl sites for hydroxylation is 1. The van der Waals surface area contributed by atoms with Gasteiger partial charge in [-0.25, -0.2) is 14.3 Å². The number of hydrogen-bond donors (Lipinski definition) is 2. The zero-order valence-electron chi connectivity index (χ0n) is 18.2. The van der Waals surface area contributed by atoms with Gasteiger partial charge in [0, 0.05) is 54.4 Å². The van der Waals surface area contributed by atoms with Crippen LogP contribution in [0.4, 0.5) is 17.5 Å². The lowest BCUT2D eigenvalue weighted by Crippen LogP contribution is -2.44. The molecule has 0 aliphatic carbocycles. The zero-order chi connectivity index (χ0) is 22.6. The summed E-state index contributed by atoms with van der Waals surface area (Å²) in [6, 6.07) is 17.6. The van der Waals surface area contributed by atoms with Crippen LogP contribution < -0.4 is 10.2 Å². The average molecular weight is 477 g/mol. The van der Waals surface area contributed by atoms with Crippen LogP contribution in [0.2, 0.25) is 0 Å². The Kier molecular flexibility index (Phi) is 6.43. The number of hydrogen-bond acceptors (Lipinski definition) is 9. The van der Waals surface area contributed by atoms with Crippen LogP contribution in [0, 0.1) is 6.92 Å². The van der Waals surface area contributed by atoms with Crippen LogP contribution in [-0.4, -0.2) is 50.5 Å². The van der Waals surface area contributed by atoms with Crippen molar-refractivity contribution in [3.05, 3.63) is 71.7 Å². The first-order valence-electron chi connectivity index (χ1n) is 10.7. The molecule has 1 fully saturated rings. The fourth-order valence-electron chi connectivity index (χ4n) is 3.52. The number of rotatable bonds is 6. The van der Waals surface area contributed by atoms with E-state index in [0.717, 1.165) is 53.3 Å². The minimum absolute atomic E-state index is 0.288. The first-order valence-corrected chi connectivity index (χ1v) is 12.4. The highest BCUT2D eigenvalue weighted by Crippen LogP contribution is 2.29. The van der Waals surface area contributed by atoms with Crippen LogP contribution in [-0.2, 0) is 0 Å². The van der Waals surface area contributed by atoms with Gasteiger partial charge in [0.15, 0.2) is 0 Å². The molecule has 4 aromatic rings. The number of aromatic nitrogens is 3. The summed E-state index contributed by atoms with van der Waals surface area (Å²) in [5, 5.41) is 15.8. The number of phenols is 1. The molecule has 1 saturated heterocycles. The van der Waals surface area contributed by atoms with Gasteiger partial charge in [-0.3, -0.25) is 0 Å². The number of piperazine rings is 1. The maximum Gasteiger partial charge on any atom is 0.228 e. The normalized spacial score (nSPS) is 14.4. The molecule has 7 nitrogen and oxygen atoms in total. The summed E-state index contributed by atoms with van der Waals surface area (Å²) in [5.41, 5.74) is 3.03. The largest absolute Gasteiger partial charge is 0.508 e. The Morgan fingerprint density at radius 2 is 1.73 bits per heavy atom. The summed E-state index contributed by atoms with van der Waals surface area (Å²) in [7, 11) is 0. The van der Waals surface area contributed by atoms with Crippen molar-refractivity contribution in [2.24, 2.45) is 0 Å². The number of nitrogens with zero attached hydrogens (tertiary/aromatic N) is 5. The van der Waals surface area contributed by atoms with E-state index >= 15 is 0 Å². The summed E-state index contributed by atoms with van der Waals surface area (Å²) in [6.45, 7) is 5.51. The molecule has 0 amide bonds. The van der Waals surface area contributed by atoms with Gasteiger partial charge in [-0.2, -0.15) is 4.98 Å². The Morgan fingerprint density at radius 3 is 2.42 bits per heavy atom. The van der Waals surface area contributed by atoms with Gasteiger partial charge in [-0.05, 0) is 55.3 Å². The minimum Gasteiger partial charge on any atom is -0.508 e. The first-order chi connectivity index (χ1) is 16.1. The van der Waals surface area contributed by atoms with E-state index < -0.39 is 0 Å². The molecule has 1 aliphatic rings. The van der Waals surface area contributed by atoms with Crippen LogP contribution in [0.5, 0.6) is 5.75 Å². The van der Waals surface area contributed by atoms with E-state index in [0.29, 0.717) is 5.95 Å². The molecule has 9 heteroatoms. The second-order valence-electron chi connectivity index (χ2n) is 7.77. The van der Waals surface area contributed by atoms with Crippen molar-refractivity contribution in [1.82, 2.24) is 19.3 Å². The highest BCUT2D eigenvalue weighted by molar-refractivity contribution is 7.97. The SMILES string of the molecule is Cc1ccc(Nc2cc(-c3nccs3)nc(N3CCN(Sc4ccc(O)cc4)CC3)n2)cc1. The summed E-state index contributed by atoms with van der Waals surface area (Å²) in [6.07, 6.45) is 1.80. The Balaban J connectivity index is 1.33. The third-order valence-electron chi connectivity index (χ3n) is 5.28. The van der Waals surface area contributed by atoms with Crippen LogP contribution in [0.25, 0.3) is 10.7 Å². The first kappa shape index (κ1) is 21.7. The van der Waals surface area contributed by atoms with Gasteiger partial charge in [0.05, 0.1) is 0 Å². The minimum atomic E-state index is 0.288. The highest BCUT2D eigenvalue weighted by atomic mass is 32.2. The van der Waals surface area contributed by atoms with E-state index in [9.17, 15) is 5.11 Å². The van der Waals surface area contributed by atoms with Gasteiger partial charge >= 0.3 is 0 Å². The van der Waals surface area contributed by atoms with Crippen LogP contribution in [0.3, 0.4) is 0 Å². The smallest absolute Gasteiger partial charge is 0.228 e. The molecule has 0 unspecified atom stereocenters. The van der Waals surface area contributed by atoms with Crippen molar-refractivity contribution in [3.63, 3.8) is 0 Å². The molecular weight excluding hydrogens is 452 g/mol. The number of thiazole rings is 1. The van der Waals surface area contributed by atoms with E-state index in [1.54, 1.807) is 41.6 Å². The predicted molar refractivity (Wildman–Crippen MR) is 135 cm³/mol. The molecule has 3 heterocycles. The molecule has 0 bridgehead atoms. The number of benzene rings is 2. The van der Waals surface area contributed by atoms with Gasteiger partial charge in [-0.1, -0.05) is 17.7 Å². The summed E-state index contributed by atoms with van der Waals surface area (Å²) >= 11 is 3.29. The maximum absolute atomic E-state index is 9.49. The van der Waals surface area contributed by atoms with Gasteiger partial charge in [0.2, 0.25) is 5.95 Å². The van der Waals surface area contributed by atoms with Crippen LogP contribution in [0.15, 0.2) is 71.1 Å². The molecular formula is C24H24N6OS2. The van der Waals surface area contributed by atoms with Crippen LogP contribution >= 0.6 is 23.3 Å². The topological polar surface area (TPSA) is 77.4 Å². The quantitative estimate of drug-likeness (QED) is 0.368. The molecule has 2 aromatic carbocycles. The molecule has 0 saturated carbocycles. The highest BCUT2D eigenvalue weighted by Gasteiger charge is 2.21. The lowest BCUT2D eigenvalue weighted by Gasteiger charge is -2.34.